The van der Waals surface area contributed by atoms with Gasteiger partial charge in [-0.3, -0.25) is 20.3 Å². The molecule has 0 saturated carbocycles. The zero-order valence-corrected chi connectivity index (χ0v) is 18.6. The van der Waals surface area contributed by atoms with Crippen molar-refractivity contribution < 1.29 is 18.1 Å². The van der Waals surface area contributed by atoms with Crippen molar-refractivity contribution in [2.75, 3.05) is 17.3 Å². The highest BCUT2D eigenvalue weighted by atomic mass is 35.5. The zero-order valence-electron chi connectivity index (χ0n) is 17.1. The maximum atomic E-state index is 13.1. The van der Waals surface area contributed by atoms with E-state index in [1.54, 1.807) is 49.4 Å². The molecule has 0 heterocycles. The summed E-state index contributed by atoms with van der Waals surface area (Å²) >= 11 is 5.90. The molecule has 32 heavy (non-hydrogen) atoms. The van der Waals surface area contributed by atoms with Gasteiger partial charge in [-0.05, 0) is 42.8 Å². The summed E-state index contributed by atoms with van der Waals surface area (Å²) in [6.45, 7) is 1.73. The van der Waals surface area contributed by atoms with E-state index in [2.05, 4.69) is 15.2 Å². The van der Waals surface area contributed by atoms with Gasteiger partial charge in [-0.2, -0.15) is 5.10 Å². The maximum Gasteiger partial charge on any atom is 0.270 e. The summed E-state index contributed by atoms with van der Waals surface area (Å²) in [7, 11) is -2.83. The van der Waals surface area contributed by atoms with Crippen molar-refractivity contribution in [1.82, 2.24) is 0 Å². The molecule has 0 aromatic heterocycles. The van der Waals surface area contributed by atoms with Crippen LogP contribution in [0.1, 0.15) is 12.5 Å². The normalized spacial score (nSPS) is 11.7. The fourth-order valence-corrected chi connectivity index (χ4v) is 4.14. The molecule has 0 aliphatic carbocycles. The molecule has 0 saturated heterocycles. The van der Waals surface area contributed by atoms with Crippen molar-refractivity contribution in [2.24, 2.45) is 5.10 Å². The molecule has 0 spiro atoms. The van der Waals surface area contributed by atoms with Crippen LogP contribution in [0.25, 0.3) is 0 Å². The minimum Gasteiger partial charge on any atom is -0.495 e. The Bertz CT molecular complexity index is 1280. The Morgan fingerprint density at radius 3 is 2.41 bits per heavy atom. The van der Waals surface area contributed by atoms with Gasteiger partial charge in [0.25, 0.3) is 15.7 Å². The first-order valence-electron chi connectivity index (χ1n) is 9.22. The topological polar surface area (TPSA) is 123 Å². The van der Waals surface area contributed by atoms with Gasteiger partial charge in [0.15, 0.2) is 0 Å². The number of nitro benzene ring substituents is 1. The molecule has 0 aliphatic heterocycles. The third-order valence-corrected chi connectivity index (χ3v) is 6.08. The standard InChI is InChI=1S/C21H19ClN4O5S/c1-14(15-7-9-16(22)10-8-15)23-24-19-12-11-17(26(27)28)13-21(19)32(29,30)25-18-5-3-4-6-20(18)31-2/h3-13,24-25H,1-2H3/b23-14-. The lowest BCUT2D eigenvalue weighted by molar-refractivity contribution is -0.385. The van der Waals surface area contributed by atoms with Crippen molar-refractivity contribution >= 4 is 44.4 Å². The fourth-order valence-electron chi connectivity index (χ4n) is 2.77. The van der Waals surface area contributed by atoms with Crippen molar-refractivity contribution in [3.8, 4) is 5.75 Å². The van der Waals surface area contributed by atoms with Crippen LogP contribution in [0.5, 0.6) is 5.75 Å². The lowest BCUT2D eigenvalue weighted by Crippen LogP contribution is -2.16. The number of non-ortho nitro benzene ring substituents is 1. The van der Waals surface area contributed by atoms with Gasteiger partial charge in [0.05, 0.1) is 29.1 Å². The molecule has 2 N–H and O–H groups in total. The summed E-state index contributed by atoms with van der Waals surface area (Å²) in [4.78, 5) is 10.2. The Morgan fingerprint density at radius 2 is 1.75 bits per heavy atom. The number of methoxy groups -OCH3 is 1. The second kappa shape index (κ2) is 9.67. The summed E-state index contributed by atoms with van der Waals surface area (Å²) in [6, 6.07) is 16.8. The lowest BCUT2D eigenvalue weighted by Gasteiger charge is -2.14. The van der Waals surface area contributed by atoms with Crippen molar-refractivity contribution in [1.29, 1.82) is 0 Å². The quantitative estimate of drug-likeness (QED) is 0.272. The molecule has 0 aliphatic rings. The first kappa shape index (κ1) is 23.0. The van der Waals surface area contributed by atoms with Gasteiger partial charge in [-0.1, -0.05) is 35.9 Å². The number of hydrogen-bond donors (Lipinski definition) is 2. The smallest absolute Gasteiger partial charge is 0.270 e. The van der Waals surface area contributed by atoms with Crippen LogP contribution in [-0.2, 0) is 10.0 Å². The maximum absolute atomic E-state index is 13.1. The SMILES string of the molecule is COc1ccccc1NS(=O)(=O)c1cc([N+](=O)[O-])ccc1N/N=C(/C)c1ccc(Cl)cc1. The van der Waals surface area contributed by atoms with Gasteiger partial charge < -0.3 is 4.74 Å². The molecule has 0 bridgehead atoms. The first-order chi connectivity index (χ1) is 15.2. The average molecular weight is 475 g/mol. The monoisotopic (exact) mass is 474 g/mol. The van der Waals surface area contributed by atoms with Crippen LogP contribution in [0.4, 0.5) is 17.1 Å². The second-order valence-electron chi connectivity index (χ2n) is 6.56. The average Bonchev–Trinajstić information content (AvgIpc) is 2.77. The number of nitro groups is 1. The van der Waals surface area contributed by atoms with E-state index in [0.29, 0.717) is 16.5 Å². The Hall–Kier alpha value is -3.63. The summed E-state index contributed by atoms with van der Waals surface area (Å²) in [5.41, 5.74) is 3.88. The highest BCUT2D eigenvalue weighted by Crippen LogP contribution is 2.31. The highest BCUT2D eigenvalue weighted by Gasteiger charge is 2.24. The van der Waals surface area contributed by atoms with Crippen LogP contribution in [0, 0.1) is 10.1 Å². The molecular formula is C21H19ClN4O5S. The van der Waals surface area contributed by atoms with Gasteiger partial charge in [-0.15, -0.1) is 0 Å². The van der Waals surface area contributed by atoms with E-state index in [9.17, 15) is 18.5 Å². The molecule has 3 aromatic carbocycles. The Balaban J connectivity index is 2.00. The van der Waals surface area contributed by atoms with Crippen LogP contribution >= 0.6 is 11.6 Å². The van der Waals surface area contributed by atoms with Gasteiger partial charge >= 0.3 is 0 Å². The molecule has 3 rings (SSSR count). The Kier molecular flexibility index (Phi) is 6.96. The molecule has 0 unspecified atom stereocenters. The largest absolute Gasteiger partial charge is 0.495 e. The molecule has 3 aromatic rings. The minimum absolute atomic E-state index is 0.0614. The van der Waals surface area contributed by atoms with Gasteiger partial charge in [-0.25, -0.2) is 8.42 Å². The first-order valence-corrected chi connectivity index (χ1v) is 11.1. The third-order valence-electron chi connectivity index (χ3n) is 4.42. The van der Waals surface area contributed by atoms with Crippen LogP contribution < -0.4 is 14.9 Å². The molecule has 0 fully saturated rings. The molecule has 166 valence electrons. The summed E-state index contributed by atoms with van der Waals surface area (Å²) in [5, 5.41) is 16.0. The summed E-state index contributed by atoms with van der Waals surface area (Å²) in [5.74, 6) is 0.299. The van der Waals surface area contributed by atoms with Crippen molar-refractivity contribution in [3.05, 3.63) is 87.4 Å². The number of para-hydroxylation sites is 2. The number of nitrogens with one attached hydrogen (secondary N) is 2. The van der Waals surface area contributed by atoms with Crippen LogP contribution in [0.3, 0.4) is 0 Å². The third kappa shape index (κ3) is 5.34. The molecule has 9 nitrogen and oxygen atoms in total. The number of ether oxygens (including phenoxy) is 1. The number of rotatable bonds is 8. The zero-order chi connectivity index (χ0) is 23.3. The van der Waals surface area contributed by atoms with Gasteiger partial charge in [0.2, 0.25) is 0 Å². The van der Waals surface area contributed by atoms with E-state index in [1.165, 1.54) is 25.3 Å². The number of halogens is 1. The summed E-state index contributed by atoms with van der Waals surface area (Å²) < 4.78 is 33.8. The number of hydrogen-bond acceptors (Lipinski definition) is 7. The highest BCUT2D eigenvalue weighted by molar-refractivity contribution is 7.93. The van der Waals surface area contributed by atoms with E-state index in [0.717, 1.165) is 11.6 Å². The van der Waals surface area contributed by atoms with Crippen LogP contribution in [0.15, 0.2) is 76.7 Å². The minimum atomic E-state index is -4.23. The van der Waals surface area contributed by atoms with Gasteiger partial charge in [0.1, 0.15) is 10.6 Å². The number of hydrazone groups is 1. The molecule has 11 heteroatoms. The van der Waals surface area contributed by atoms with E-state index in [1.807, 2.05) is 0 Å². The molecular weight excluding hydrogens is 456 g/mol. The van der Waals surface area contributed by atoms with E-state index in [-0.39, 0.29) is 22.0 Å². The van der Waals surface area contributed by atoms with Gasteiger partial charge in [0, 0.05) is 17.2 Å². The predicted molar refractivity (Wildman–Crippen MR) is 124 cm³/mol. The predicted octanol–water partition coefficient (Wildman–Crippen LogP) is 4.89. The van der Waals surface area contributed by atoms with Crippen molar-refractivity contribution in [3.63, 3.8) is 0 Å². The Morgan fingerprint density at radius 1 is 1.06 bits per heavy atom. The molecule has 0 atom stereocenters. The number of anilines is 2. The van der Waals surface area contributed by atoms with E-state index >= 15 is 0 Å². The number of benzene rings is 3. The molecule has 0 radical (unpaired) electrons. The second-order valence-corrected chi connectivity index (χ2v) is 8.65. The Labute approximate surface area is 189 Å². The lowest BCUT2D eigenvalue weighted by atomic mass is 10.1. The summed E-state index contributed by atoms with van der Waals surface area (Å²) in [6.07, 6.45) is 0. The molecule has 0 amide bonds. The van der Waals surface area contributed by atoms with Crippen molar-refractivity contribution in [2.45, 2.75) is 11.8 Å². The number of nitrogens with zero attached hydrogens (tertiary/aromatic N) is 2. The van der Waals surface area contributed by atoms with Crippen LogP contribution in [-0.4, -0.2) is 26.2 Å². The fraction of sp³-hybridized carbons (Fsp3) is 0.0952. The number of sulfonamides is 1. The van der Waals surface area contributed by atoms with E-state index in [4.69, 9.17) is 16.3 Å². The van der Waals surface area contributed by atoms with E-state index < -0.39 is 14.9 Å². The van der Waals surface area contributed by atoms with Crippen LogP contribution in [0.2, 0.25) is 5.02 Å².